The lowest BCUT2D eigenvalue weighted by molar-refractivity contribution is 1.28. The minimum Gasteiger partial charge on any atom is -0.310 e. The zero-order valence-corrected chi connectivity index (χ0v) is 15.9. The van der Waals surface area contributed by atoms with Crippen molar-refractivity contribution in [3.8, 4) is 0 Å². The van der Waals surface area contributed by atoms with Gasteiger partial charge in [0.05, 0.1) is 0 Å². The van der Waals surface area contributed by atoms with Crippen LogP contribution < -0.4 is 4.90 Å². The van der Waals surface area contributed by atoms with Crippen LogP contribution in [0.4, 0.5) is 17.1 Å². The zero-order valence-electron chi connectivity index (χ0n) is 15.1. The average molecular weight is 366 g/mol. The molecule has 1 aromatic heterocycles. The highest BCUT2D eigenvalue weighted by atomic mass is 32.1. The Morgan fingerprint density at radius 3 is 2.11 bits per heavy atom. The first-order chi connectivity index (χ1) is 13.3. The molecule has 1 nitrogen and oxygen atoms in total. The second-order valence-corrected chi connectivity index (χ2v) is 7.87. The van der Waals surface area contributed by atoms with Crippen molar-refractivity contribution in [2.75, 3.05) is 4.90 Å². The number of fused-ring (bicyclic) bond motifs is 3. The Balaban J connectivity index is 1.75. The van der Waals surface area contributed by atoms with E-state index in [1.54, 1.807) is 0 Å². The Morgan fingerprint density at radius 1 is 0.556 bits per heavy atom. The Hall–Kier alpha value is -3.10. The summed E-state index contributed by atoms with van der Waals surface area (Å²) in [7, 11) is 0. The summed E-state index contributed by atoms with van der Waals surface area (Å²) in [5.41, 5.74) is 4.79. The quantitative estimate of drug-likeness (QED) is 0.315. The molecule has 0 aliphatic heterocycles. The summed E-state index contributed by atoms with van der Waals surface area (Å²) in [6.07, 6.45) is 0. The van der Waals surface area contributed by atoms with Gasteiger partial charge in [0.1, 0.15) is 0 Å². The third kappa shape index (κ3) is 2.88. The van der Waals surface area contributed by atoms with E-state index < -0.39 is 0 Å². The Kier molecular flexibility index (Phi) is 3.92. The van der Waals surface area contributed by atoms with E-state index in [9.17, 15) is 0 Å². The fraction of sp³-hybridized carbons (Fsp3) is 0.0400. The summed E-state index contributed by atoms with van der Waals surface area (Å²) in [6.45, 7) is 2.14. The Morgan fingerprint density at radius 2 is 1.26 bits per heavy atom. The fourth-order valence-corrected chi connectivity index (χ4v) is 4.73. The van der Waals surface area contributed by atoms with E-state index in [4.69, 9.17) is 0 Å². The summed E-state index contributed by atoms with van der Waals surface area (Å²) in [6, 6.07) is 34.7. The number of nitrogens with zero attached hydrogens (tertiary/aromatic N) is 1. The molecule has 5 rings (SSSR count). The molecule has 5 aromatic rings. The highest BCUT2D eigenvalue weighted by Gasteiger charge is 2.14. The van der Waals surface area contributed by atoms with Gasteiger partial charge in [-0.1, -0.05) is 48.5 Å². The molecule has 0 saturated carbocycles. The number of anilines is 3. The van der Waals surface area contributed by atoms with Gasteiger partial charge in [-0.3, -0.25) is 0 Å². The van der Waals surface area contributed by atoms with Gasteiger partial charge in [-0.05, 0) is 61.0 Å². The molecule has 130 valence electrons. The molecular weight excluding hydrogens is 346 g/mol. The number of hydrogen-bond donors (Lipinski definition) is 0. The van der Waals surface area contributed by atoms with Gasteiger partial charge < -0.3 is 4.90 Å². The molecule has 0 N–H and O–H groups in total. The highest BCUT2D eigenvalue weighted by Crippen LogP contribution is 2.40. The van der Waals surface area contributed by atoms with Crippen LogP contribution >= 0.6 is 11.3 Å². The molecule has 0 radical (unpaired) electrons. The SMILES string of the molecule is Cc1cccc(N(c2ccccc2)c2ccc3sc4ccccc4c3c2)c1. The number of aryl methyl sites for hydroxylation is 1. The highest BCUT2D eigenvalue weighted by molar-refractivity contribution is 7.25. The summed E-state index contributed by atoms with van der Waals surface area (Å²) in [5, 5.41) is 2.65. The molecule has 27 heavy (non-hydrogen) atoms. The maximum Gasteiger partial charge on any atom is 0.0468 e. The average Bonchev–Trinajstić information content (AvgIpc) is 3.07. The molecule has 4 aromatic carbocycles. The van der Waals surface area contributed by atoms with Gasteiger partial charge in [0.2, 0.25) is 0 Å². The van der Waals surface area contributed by atoms with Crippen molar-refractivity contribution < 1.29 is 0 Å². The van der Waals surface area contributed by atoms with Crippen LogP contribution in [0.15, 0.2) is 97.1 Å². The summed E-state index contributed by atoms with van der Waals surface area (Å²) in [4.78, 5) is 2.33. The maximum absolute atomic E-state index is 2.33. The Bertz CT molecular complexity index is 1240. The monoisotopic (exact) mass is 365 g/mol. The van der Waals surface area contributed by atoms with Crippen molar-refractivity contribution >= 4 is 48.6 Å². The van der Waals surface area contributed by atoms with Crippen molar-refractivity contribution in [3.63, 3.8) is 0 Å². The van der Waals surface area contributed by atoms with Gasteiger partial charge >= 0.3 is 0 Å². The van der Waals surface area contributed by atoms with Crippen LogP contribution in [0.1, 0.15) is 5.56 Å². The van der Waals surface area contributed by atoms with E-state index in [-0.39, 0.29) is 0 Å². The predicted octanol–water partition coefficient (Wildman–Crippen LogP) is 7.83. The summed E-state index contributed by atoms with van der Waals surface area (Å²) < 4.78 is 2.67. The normalized spacial score (nSPS) is 11.1. The standard InChI is InChI=1S/C25H19NS/c1-18-8-7-11-20(16-18)26(19-9-3-2-4-10-19)21-14-15-25-23(17-21)22-12-5-6-13-24(22)27-25/h2-17H,1H3. The third-order valence-electron chi connectivity index (χ3n) is 4.89. The number of para-hydroxylation sites is 1. The van der Waals surface area contributed by atoms with Crippen LogP contribution in [0.3, 0.4) is 0 Å². The minimum atomic E-state index is 1.17. The lowest BCUT2D eigenvalue weighted by Crippen LogP contribution is -2.09. The van der Waals surface area contributed by atoms with Crippen molar-refractivity contribution in [2.24, 2.45) is 0 Å². The number of hydrogen-bond acceptors (Lipinski definition) is 2. The zero-order chi connectivity index (χ0) is 18.2. The van der Waals surface area contributed by atoms with E-state index in [2.05, 4.69) is 109 Å². The fourth-order valence-electron chi connectivity index (χ4n) is 3.64. The van der Waals surface area contributed by atoms with Gasteiger partial charge in [0.25, 0.3) is 0 Å². The lowest BCUT2D eigenvalue weighted by Gasteiger charge is -2.26. The second kappa shape index (κ2) is 6.57. The molecule has 0 fully saturated rings. The molecule has 0 saturated heterocycles. The molecule has 0 bridgehead atoms. The largest absolute Gasteiger partial charge is 0.310 e. The number of thiophene rings is 1. The van der Waals surface area contributed by atoms with Crippen molar-refractivity contribution in [3.05, 3.63) is 103 Å². The molecule has 0 aliphatic carbocycles. The van der Waals surface area contributed by atoms with E-state index in [0.717, 1.165) is 0 Å². The molecule has 0 aliphatic rings. The van der Waals surface area contributed by atoms with Crippen LogP contribution in [0.5, 0.6) is 0 Å². The lowest BCUT2D eigenvalue weighted by atomic mass is 10.1. The minimum absolute atomic E-state index is 1.17. The van der Waals surface area contributed by atoms with E-state index in [0.29, 0.717) is 0 Å². The van der Waals surface area contributed by atoms with E-state index >= 15 is 0 Å². The molecule has 2 heteroatoms. The van der Waals surface area contributed by atoms with Crippen LogP contribution in [0, 0.1) is 6.92 Å². The van der Waals surface area contributed by atoms with Crippen molar-refractivity contribution in [2.45, 2.75) is 6.92 Å². The van der Waals surface area contributed by atoms with E-state index in [1.165, 1.54) is 42.8 Å². The van der Waals surface area contributed by atoms with Gasteiger partial charge in [-0.2, -0.15) is 0 Å². The molecule has 0 atom stereocenters. The van der Waals surface area contributed by atoms with Gasteiger partial charge in [0.15, 0.2) is 0 Å². The third-order valence-corrected chi connectivity index (χ3v) is 6.04. The molecular formula is C25H19NS. The van der Waals surface area contributed by atoms with Crippen LogP contribution in [-0.2, 0) is 0 Å². The second-order valence-electron chi connectivity index (χ2n) is 6.79. The van der Waals surface area contributed by atoms with Crippen LogP contribution in [0.2, 0.25) is 0 Å². The van der Waals surface area contributed by atoms with Crippen LogP contribution in [-0.4, -0.2) is 0 Å². The van der Waals surface area contributed by atoms with Gasteiger partial charge in [0, 0.05) is 37.2 Å². The predicted molar refractivity (Wildman–Crippen MR) is 119 cm³/mol. The molecule has 1 heterocycles. The number of benzene rings is 4. The first-order valence-corrected chi connectivity index (χ1v) is 9.94. The summed E-state index contributed by atoms with van der Waals surface area (Å²) >= 11 is 1.86. The van der Waals surface area contributed by atoms with E-state index in [1.807, 2.05) is 11.3 Å². The molecule has 0 unspecified atom stereocenters. The first kappa shape index (κ1) is 16.1. The Labute approximate surface area is 163 Å². The smallest absolute Gasteiger partial charge is 0.0468 e. The van der Waals surface area contributed by atoms with Gasteiger partial charge in [-0.15, -0.1) is 11.3 Å². The molecule has 0 spiro atoms. The van der Waals surface area contributed by atoms with Crippen LogP contribution in [0.25, 0.3) is 20.2 Å². The first-order valence-electron chi connectivity index (χ1n) is 9.13. The maximum atomic E-state index is 2.33. The topological polar surface area (TPSA) is 3.24 Å². The van der Waals surface area contributed by atoms with Crippen molar-refractivity contribution in [1.29, 1.82) is 0 Å². The molecule has 0 amide bonds. The van der Waals surface area contributed by atoms with Crippen molar-refractivity contribution in [1.82, 2.24) is 0 Å². The number of rotatable bonds is 3. The summed E-state index contributed by atoms with van der Waals surface area (Å²) in [5.74, 6) is 0. The van der Waals surface area contributed by atoms with Gasteiger partial charge in [-0.25, -0.2) is 0 Å².